The smallest absolute Gasteiger partial charge is 0.231 e. The fourth-order valence-corrected chi connectivity index (χ4v) is 1.27. The highest BCUT2D eigenvalue weighted by Gasteiger charge is 2.13. The lowest BCUT2D eigenvalue weighted by Crippen LogP contribution is -2.23. The summed E-state index contributed by atoms with van der Waals surface area (Å²) in [5, 5.41) is 3.06. The Morgan fingerprint density at radius 1 is 1.50 bits per heavy atom. The van der Waals surface area contributed by atoms with E-state index < -0.39 is 0 Å². The Kier molecular flexibility index (Phi) is 1.75. The van der Waals surface area contributed by atoms with Gasteiger partial charge in [0.1, 0.15) is 0 Å². The summed E-state index contributed by atoms with van der Waals surface area (Å²) in [6, 6.07) is 0.372. The van der Waals surface area contributed by atoms with E-state index >= 15 is 0 Å². The van der Waals surface area contributed by atoms with Crippen molar-refractivity contribution in [2.24, 2.45) is 0 Å². The SMILES string of the molecule is [2H]c1c([2H])c2c(c([2H])c1CC(C)NC)OCO2. The number of benzene rings is 1. The van der Waals surface area contributed by atoms with E-state index in [1.807, 2.05) is 14.0 Å². The maximum absolute atomic E-state index is 8.00. The molecule has 2 rings (SSSR count). The fourth-order valence-electron chi connectivity index (χ4n) is 1.27. The molecule has 1 aromatic rings. The Morgan fingerprint density at radius 3 is 3.07 bits per heavy atom. The number of likely N-dealkylation sites (N-methyl/N-ethyl adjacent to an activating group) is 1. The molecular weight excluding hydrogens is 178 g/mol. The lowest BCUT2D eigenvalue weighted by Gasteiger charge is -2.09. The molecule has 0 amide bonds. The van der Waals surface area contributed by atoms with Gasteiger partial charge >= 0.3 is 0 Å². The topological polar surface area (TPSA) is 30.5 Å². The van der Waals surface area contributed by atoms with E-state index in [1.54, 1.807) is 0 Å². The second kappa shape index (κ2) is 3.88. The van der Waals surface area contributed by atoms with Gasteiger partial charge in [0, 0.05) is 6.04 Å². The van der Waals surface area contributed by atoms with E-state index in [-0.39, 0.29) is 36.7 Å². The maximum atomic E-state index is 8.00. The Hall–Kier alpha value is -1.22. The minimum Gasteiger partial charge on any atom is -0.454 e. The van der Waals surface area contributed by atoms with Gasteiger partial charge in [-0.3, -0.25) is 0 Å². The molecule has 0 bridgehead atoms. The lowest BCUT2D eigenvalue weighted by molar-refractivity contribution is 0.174. The molecule has 1 atom stereocenters. The zero-order valence-electron chi connectivity index (χ0n) is 11.3. The van der Waals surface area contributed by atoms with E-state index in [4.69, 9.17) is 13.6 Å². The third kappa shape index (κ3) is 1.82. The summed E-state index contributed by atoms with van der Waals surface area (Å²) in [6.07, 6.45) is 0.524. The van der Waals surface area contributed by atoms with Crippen molar-refractivity contribution >= 4 is 0 Å². The van der Waals surface area contributed by atoms with Gasteiger partial charge in [-0.15, -0.1) is 0 Å². The average Bonchev–Trinajstić information content (AvgIpc) is 2.80. The quantitative estimate of drug-likeness (QED) is 0.796. The number of nitrogens with one attached hydrogen (secondary N) is 1. The Balaban J connectivity index is 2.49. The molecule has 1 aromatic carbocycles. The van der Waals surface area contributed by atoms with Crippen molar-refractivity contribution in [3.8, 4) is 11.5 Å². The first kappa shape index (κ1) is 6.30. The highest BCUT2D eigenvalue weighted by Crippen LogP contribution is 2.32. The van der Waals surface area contributed by atoms with Crippen molar-refractivity contribution in [3.63, 3.8) is 0 Å². The minimum absolute atomic E-state index is 0.00630. The Morgan fingerprint density at radius 2 is 2.29 bits per heavy atom. The van der Waals surface area contributed by atoms with Crippen LogP contribution in [0.25, 0.3) is 0 Å². The Bertz CT molecular complexity index is 451. The summed E-state index contributed by atoms with van der Waals surface area (Å²) >= 11 is 0. The van der Waals surface area contributed by atoms with Gasteiger partial charge in [0.25, 0.3) is 0 Å². The van der Waals surface area contributed by atoms with E-state index in [9.17, 15) is 0 Å². The molecule has 76 valence electrons. The molecule has 0 radical (unpaired) electrons. The van der Waals surface area contributed by atoms with Gasteiger partial charge in [-0.25, -0.2) is 0 Å². The highest BCUT2D eigenvalue weighted by atomic mass is 16.7. The predicted octanol–water partition coefficient (Wildman–Crippen LogP) is 1.57. The summed E-state index contributed by atoms with van der Waals surface area (Å²) in [5.41, 5.74) is 0.529. The zero-order chi connectivity index (χ0) is 12.6. The standard InChI is InChI=1S/C11H15NO2/c1-8(12-2)5-9-3-4-10-11(6-9)14-7-13-10/h3-4,6,8,12H,5,7H2,1-2H3/i3D,4D,6D. The van der Waals surface area contributed by atoms with Crippen LogP contribution in [0.4, 0.5) is 0 Å². The van der Waals surface area contributed by atoms with Gasteiger partial charge in [-0.1, -0.05) is 6.04 Å². The summed E-state index contributed by atoms with van der Waals surface area (Å²) in [4.78, 5) is 0. The Labute approximate surface area is 88.2 Å². The van der Waals surface area contributed by atoms with E-state index in [2.05, 4.69) is 5.32 Å². The van der Waals surface area contributed by atoms with Crippen LogP contribution in [0.5, 0.6) is 11.5 Å². The van der Waals surface area contributed by atoms with Crippen molar-refractivity contribution in [2.75, 3.05) is 13.8 Å². The predicted molar refractivity (Wildman–Crippen MR) is 54.8 cm³/mol. The van der Waals surface area contributed by atoms with E-state index in [0.29, 0.717) is 17.7 Å². The second-order valence-electron chi connectivity index (χ2n) is 3.31. The molecule has 1 aliphatic heterocycles. The van der Waals surface area contributed by atoms with Crippen LogP contribution in [-0.2, 0) is 6.42 Å². The highest BCUT2D eigenvalue weighted by molar-refractivity contribution is 5.44. The van der Waals surface area contributed by atoms with Crippen molar-refractivity contribution in [1.29, 1.82) is 0 Å². The van der Waals surface area contributed by atoms with Gasteiger partial charge in [-0.05, 0) is 38.0 Å². The molecule has 1 aliphatic rings. The number of rotatable bonds is 3. The van der Waals surface area contributed by atoms with Crippen molar-refractivity contribution in [1.82, 2.24) is 5.32 Å². The first-order valence-electron chi connectivity index (χ1n) is 6.11. The van der Waals surface area contributed by atoms with Gasteiger partial charge in [0.15, 0.2) is 11.5 Å². The molecule has 0 aromatic heterocycles. The molecule has 0 saturated carbocycles. The molecule has 0 saturated heterocycles. The fraction of sp³-hybridized carbons (Fsp3) is 0.455. The molecule has 0 aliphatic carbocycles. The molecule has 1 heterocycles. The van der Waals surface area contributed by atoms with Crippen LogP contribution < -0.4 is 14.8 Å². The van der Waals surface area contributed by atoms with Crippen LogP contribution in [-0.4, -0.2) is 19.9 Å². The van der Waals surface area contributed by atoms with Crippen LogP contribution in [0.2, 0.25) is 0 Å². The summed E-state index contributed by atoms with van der Waals surface area (Å²) < 4.78 is 34.0. The first-order valence-corrected chi connectivity index (χ1v) is 4.61. The van der Waals surface area contributed by atoms with Gasteiger partial charge in [-0.2, -0.15) is 0 Å². The van der Waals surface area contributed by atoms with E-state index in [0.717, 1.165) is 0 Å². The van der Waals surface area contributed by atoms with Crippen LogP contribution in [0.1, 0.15) is 16.6 Å². The van der Waals surface area contributed by atoms with Crippen LogP contribution >= 0.6 is 0 Å². The first-order chi connectivity index (χ1) is 8.06. The second-order valence-corrected chi connectivity index (χ2v) is 3.31. The summed E-state index contributed by atoms with van der Waals surface area (Å²) in [6.45, 7) is 1.99. The number of ether oxygens (including phenoxy) is 2. The third-order valence-corrected chi connectivity index (χ3v) is 2.21. The normalized spacial score (nSPS) is 18.6. The number of hydrogen-bond acceptors (Lipinski definition) is 3. The summed E-state index contributed by atoms with van der Waals surface area (Å²) in [5.74, 6) is 0.519. The molecule has 0 fully saturated rings. The molecule has 3 heteroatoms. The van der Waals surface area contributed by atoms with E-state index in [1.165, 1.54) is 0 Å². The number of fused-ring (bicyclic) bond motifs is 1. The summed E-state index contributed by atoms with van der Waals surface area (Å²) in [7, 11) is 1.83. The third-order valence-electron chi connectivity index (χ3n) is 2.21. The van der Waals surface area contributed by atoms with Crippen molar-refractivity contribution in [2.45, 2.75) is 19.4 Å². The monoisotopic (exact) mass is 196 g/mol. The maximum Gasteiger partial charge on any atom is 0.231 e. The molecule has 3 nitrogen and oxygen atoms in total. The van der Waals surface area contributed by atoms with Gasteiger partial charge in [0.05, 0.1) is 4.11 Å². The molecule has 0 spiro atoms. The lowest BCUT2D eigenvalue weighted by atomic mass is 10.1. The number of hydrogen-bond donors (Lipinski definition) is 1. The average molecular weight is 196 g/mol. The van der Waals surface area contributed by atoms with Crippen molar-refractivity contribution in [3.05, 3.63) is 23.7 Å². The van der Waals surface area contributed by atoms with Crippen molar-refractivity contribution < 1.29 is 13.6 Å². The van der Waals surface area contributed by atoms with Gasteiger partial charge < -0.3 is 14.8 Å². The molecular formula is C11H15NO2. The molecule has 14 heavy (non-hydrogen) atoms. The van der Waals surface area contributed by atoms with Gasteiger partial charge in [0.2, 0.25) is 6.79 Å². The van der Waals surface area contributed by atoms with Crippen LogP contribution in [0.15, 0.2) is 18.1 Å². The molecule has 1 N–H and O–H groups in total. The largest absolute Gasteiger partial charge is 0.454 e. The molecule has 1 unspecified atom stereocenters. The zero-order valence-corrected chi connectivity index (χ0v) is 8.31. The van der Waals surface area contributed by atoms with Crippen LogP contribution in [0, 0.1) is 0 Å². The minimum atomic E-state index is 0.00630. The van der Waals surface area contributed by atoms with Crippen LogP contribution in [0.3, 0.4) is 0 Å².